The van der Waals surface area contributed by atoms with E-state index in [0.717, 1.165) is 146 Å². The lowest BCUT2D eigenvalue weighted by atomic mass is 9.89. The summed E-state index contributed by atoms with van der Waals surface area (Å²) in [5, 5.41) is 42.0. The predicted molar refractivity (Wildman–Crippen MR) is 440 cm³/mol. The second-order valence-corrected chi connectivity index (χ2v) is 28.3. The minimum absolute atomic E-state index is 0. The van der Waals surface area contributed by atoms with E-state index >= 15 is 0 Å². The fraction of sp³-hybridized carbons (Fsp3) is 0.170. The van der Waals surface area contributed by atoms with Crippen molar-refractivity contribution in [1.82, 2.24) is 60.0 Å². The van der Waals surface area contributed by atoms with Crippen LogP contribution in [0.5, 0.6) is 0 Å². The fourth-order valence-corrected chi connectivity index (χ4v) is 14.5. The van der Waals surface area contributed by atoms with Crippen LogP contribution in [0, 0.1) is 23.7 Å². The summed E-state index contributed by atoms with van der Waals surface area (Å²) in [6.45, 7) is 21.8. The van der Waals surface area contributed by atoms with Crippen molar-refractivity contribution < 1.29 is 0 Å². The first-order valence-electron chi connectivity index (χ1n) is 36.7. The molecule has 4 heterocycles. The molecule has 3 aliphatic rings. The van der Waals surface area contributed by atoms with E-state index in [0.29, 0.717) is 29.6 Å². The van der Waals surface area contributed by atoms with Crippen molar-refractivity contribution in [2.45, 2.75) is 106 Å². The molecule has 15 heteroatoms. The van der Waals surface area contributed by atoms with Gasteiger partial charge in [0.15, 0.2) is 0 Å². The maximum Gasteiger partial charge on any atom is 0.122 e. The number of hydrogen-bond acceptors (Lipinski definition) is 9. The largest absolute Gasteiger partial charge is 0.212 e. The minimum atomic E-state index is 0. The highest BCUT2D eigenvalue weighted by atomic mass is 15.5. The first-order valence-corrected chi connectivity index (χ1v) is 36.7. The van der Waals surface area contributed by atoms with Gasteiger partial charge in [0.1, 0.15) is 45.6 Å². The van der Waals surface area contributed by atoms with Crippen LogP contribution in [0.15, 0.2) is 272 Å². The van der Waals surface area contributed by atoms with Gasteiger partial charge in [0.05, 0.1) is 22.7 Å². The highest BCUT2D eigenvalue weighted by molar-refractivity contribution is 6.01. The maximum absolute atomic E-state index is 8.28. The highest BCUT2D eigenvalue weighted by Gasteiger charge is 2.34. The third kappa shape index (κ3) is 13.9. The molecule has 534 valence electrons. The van der Waals surface area contributed by atoms with E-state index in [1.807, 2.05) is 91.5 Å². The van der Waals surface area contributed by atoms with E-state index in [9.17, 15) is 0 Å². The Kier molecular flexibility index (Phi) is 21.0. The molecule has 0 aliphatic heterocycles. The standard InChI is InChI=1S/2C34H30N6.C16H8.C9H11N3.CH4/c1-21(2)23-13-9-11-19-29(23)39-33-27-17-7-5-15-25(27)32-34(28-18-8-6-16-26(28)31(33)35-37-39)40(38-36-32)30-20-12-10-14-24(30)22(3)4;1-21(2)23-13-9-11-19-29(23)39-33-27-17-7-8-18-28(27)34-32(26-16-6-5-15-25(26)31(33)35-37-39)36-38-40(34)30-20-12-10-14-24(30)22(3)4;1-2-6-14-11-12-16-8-4-3-7-15(16)10-9-13(14)5-1;1-7(2)8-5-3-4-6-9(8)11-12-10;/h2*5-22H,1-4H3;1-8H;3-7H,1-2H3;1H4. The van der Waals surface area contributed by atoms with Crippen molar-refractivity contribution >= 4 is 5.69 Å². The zero-order valence-corrected chi connectivity index (χ0v) is 62.0. The van der Waals surface area contributed by atoms with Crippen molar-refractivity contribution in [3.8, 4) is 136 Å². The summed E-state index contributed by atoms with van der Waals surface area (Å²) < 4.78 is 8.04. The molecule has 109 heavy (non-hydrogen) atoms. The third-order valence-electron chi connectivity index (χ3n) is 19.8. The number of para-hydroxylation sites is 4. The quantitative estimate of drug-likeness (QED) is 0.0563. The van der Waals surface area contributed by atoms with Gasteiger partial charge >= 0.3 is 0 Å². The fourth-order valence-electron chi connectivity index (χ4n) is 14.5. The van der Waals surface area contributed by atoms with Gasteiger partial charge in [-0.05, 0) is 111 Å². The third-order valence-corrected chi connectivity index (χ3v) is 19.8. The van der Waals surface area contributed by atoms with Gasteiger partial charge in [0.25, 0.3) is 0 Å². The van der Waals surface area contributed by atoms with Gasteiger partial charge in [-0.15, -0.1) is 20.4 Å². The van der Waals surface area contributed by atoms with Crippen LogP contribution in [0.3, 0.4) is 0 Å². The summed E-state index contributed by atoms with van der Waals surface area (Å²) in [5.74, 6) is 14.4. The van der Waals surface area contributed by atoms with Gasteiger partial charge in [-0.1, -0.05) is 345 Å². The van der Waals surface area contributed by atoms with Gasteiger partial charge in [-0.25, -0.2) is 18.7 Å². The average Bonchev–Trinajstić information content (AvgIpc) is 1.62. The smallest absolute Gasteiger partial charge is 0.122 e. The summed E-state index contributed by atoms with van der Waals surface area (Å²) in [6.07, 6.45) is 0. The molecule has 15 aromatic rings. The van der Waals surface area contributed by atoms with Crippen molar-refractivity contribution in [3.63, 3.8) is 0 Å². The second-order valence-electron chi connectivity index (χ2n) is 28.3. The molecule has 0 N–H and O–H groups in total. The Morgan fingerprint density at radius 1 is 0.266 bits per heavy atom. The number of aromatic nitrogens is 12. The van der Waals surface area contributed by atoms with Crippen LogP contribution in [0.25, 0.3) is 123 Å². The molecule has 0 spiro atoms. The molecule has 0 fully saturated rings. The Labute approximate surface area is 637 Å². The normalized spacial score (nSPS) is 11.4. The van der Waals surface area contributed by atoms with E-state index in [1.54, 1.807) is 0 Å². The molecule has 0 saturated heterocycles. The number of benzene rings is 11. The van der Waals surface area contributed by atoms with E-state index < -0.39 is 0 Å². The van der Waals surface area contributed by atoms with E-state index in [1.165, 1.54) is 22.3 Å². The molecule has 0 atom stereocenters. The average molecular weight is 1420 g/mol. The SMILES string of the molecule is C.C1#Cc2ccccc2C#Cc2ccccc21.CC(C)c1ccccc1-n1nnc2c1-c1ccccc1-c1c(nnn1-c1ccccc1C(C)C)-c1ccccc1-2.CC(C)c1ccccc1-n1nnc2c1-c1ccccc1-c1nnn(-c3ccccc3C(C)C)c1-c1ccccc1-2.CC(C)c1ccccc1N=[N+]=[N-]. The van der Waals surface area contributed by atoms with Crippen LogP contribution >= 0.6 is 0 Å². The van der Waals surface area contributed by atoms with E-state index in [2.05, 4.69) is 297 Å². The number of hydrogen-bond donors (Lipinski definition) is 0. The Bertz CT molecular complexity index is 5670. The van der Waals surface area contributed by atoms with Gasteiger partial charge in [-0.2, -0.15) is 0 Å². The van der Waals surface area contributed by atoms with Gasteiger partial charge in [0.2, 0.25) is 0 Å². The number of rotatable bonds is 10. The van der Waals surface area contributed by atoms with Crippen LogP contribution in [0.1, 0.15) is 156 Å². The number of nitrogens with zero attached hydrogens (tertiary/aromatic N) is 15. The highest BCUT2D eigenvalue weighted by Crippen LogP contribution is 2.50. The molecule has 11 aromatic carbocycles. The van der Waals surface area contributed by atoms with Gasteiger partial charge in [0, 0.05) is 77.4 Å². The van der Waals surface area contributed by atoms with Crippen LogP contribution in [-0.4, -0.2) is 60.0 Å². The molecule has 4 aromatic heterocycles. The monoisotopic (exact) mass is 1420 g/mol. The van der Waals surface area contributed by atoms with E-state index in [4.69, 9.17) is 46.8 Å². The van der Waals surface area contributed by atoms with Crippen molar-refractivity contribution in [1.29, 1.82) is 0 Å². The second kappa shape index (κ2) is 31.6. The summed E-state index contributed by atoms with van der Waals surface area (Å²) in [6, 6.07) is 91.1. The zero-order chi connectivity index (χ0) is 74.5. The molecule has 0 bridgehead atoms. The molecule has 0 saturated carbocycles. The summed E-state index contributed by atoms with van der Waals surface area (Å²) in [4.78, 5) is 2.77. The topological polar surface area (TPSA) is 172 Å². The lowest BCUT2D eigenvalue weighted by molar-refractivity contribution is 0.772. The zero-order valence-electron chi connectivity index (χ0n) is 62.0. The maximum atomic E-state index is 8.28. The molecule has 18 rings (SSSR count). The Balaban J connectivity index is 0.000000134. The molecule has 0 unspecified atom stereocenters. The Morgan fingerprint density at radius 3 is 0.725 bits per heavy atom. The number of fused-ring (bicyclic) bond motifs is 18. The Hall–Kier alpha value is -13.6. The first kappa shape index (κ1) is 72.4. The minimum Gasteiger partial charge on any atom is -0.212 e. The van der Waals surface area contributed by atoms with E-state index in [-0.39, 0.29) is 7.43 Å². The van der Waals surface area contributed by atoms with Crippen LogP contribution < -0.4 is 0 Å². The molecule has 15 nitrogen and oxygen atoms in total. The lowest BCUT2D eigenvalue weighted by Crippen LogP contribution is -2.08. The Morgan fingerprint density at radius 2 is 0.468 bits per heavy atom. The molecule has 3 aliphatic carbocycles. The molecular formula is C94H83N15. The summed E-state index contributed by atoms with van der Waals surface area (Å²) in [5.41, 5.74) is 38.5. The lowest BCUT2D eigenvalue weighted by Gasteiger charge is -2.21. The summed E-state index contributed by atoms with van der Waals surface area (Å²) >= 11 is 0. The van der Waals surface area contributed by atoms with Crippen molar-refractivity contribution in [3.05, 3.63) is 327 Å². The predicted octanol–water partition coefficient (Wildman–Crippen LogP) is 23.3. The van der Waals surface area contributed by atoms with Crippen molar-refractivity contribution in [2.24, 2.45) is 5.11 Å². The van der Waals surface area contributed by atoms with Crippen molar-refractivity contribution in [2.75, 3.05) is 0 Å². The molecule has 0 amide bonds. The van der Waals surface area contributed by atoms with Crippen LogP contribution in [0.2, 0.25) is 0 Å². The molecule has 0 radical (unpaired) electrons. The summed E-state index contributed by atoms with van der Waals surface area (Å²) in [7, 11) is 0. The number of azide groups is 1. The van der Waals surface area contributed by atoms with Crippen LogP contribution in [0.4, 0.5) is 5.69 Å². The van der Waals surface area contributed by atoms with Crippen LogP contribution in [-0.2, 0) is 0 Å². The van der Waals surface area contributed by atoms with Gasteiger partial charge < -0.3 is 0 Å². The van der Waals surface area contributed by atoms with Gasteiger partial charge in [-0.3, -0.25) is 0 Å². The first-order chi connectivity index (χ1) is 52.8. The molecular weight excluding hydrogens is 1340 g/mol.